The number of aromatic carboxylic acids is 1. The molecule has 0 aliphatic carbocycles. The van der Waals surface area contributed by atoms with E-state index in [-0.39, 0.29) is 16.3 Å². The van der Waals surface area contributed by atoms with E-state index in [0.29, 0.717) is 18.8 Å². The van der Waals surface area contributed by atoms with Gasteiger partial charge in [-0.05, 0) is 13.3 Å². The van der Waals surface area contributed by atoms with E-state index in [1.807, 2.05) is 17.9 Å². The van der Waals surface area contributed by atoms with Gasteiger partial charge in [-0.2, -0.15) is 0 Å². The predicted octanol–water partition coefficient (Wildman–Crippen LogP) is 3.10. The van der Waals surface area contributed by atoms with Gasteiger partial charge in [-0.1, -0.05) is 23.3 Å². The first-order chi connectivity index (χ1) is 9.40. The number of carboxylic acid groups (broad SMARTS) is 1. The lowest BCUT2D eigenvalue weighted by Crippen LogP contribution is -2.30. The summed E-state index contributed by atoms with van der Waals surface area (Å²) in [7, 11) is 0. The summed E-state index contributed by atoms with van der Waals surface area (Å²) in [5.41, 5.74) is 1.11. The number of benzene rings is 1. The number of carbonyl (C=O) groups is 1. The van der Waals surface area contributed by atoms with E-state index in [1.165, 1.54) is 11.6 Å². The smallest absolute Gasteiger partial charge is 0.338 e. The fourth-order valence-corrected chi connectivity index (χ4v) is 2.48. The van der Waals surface area contributed by atoms with E-state index in [2.05, 4.69) is 0 Å². The molecular formula is C13H13ClN2O4. The minimum absolute atomic E-state index is 0.0875. The summed E-state index contributed by atoms with van der Waals surface area (Å²) in [4.78, 5) is 23.3. The van der Waals surface area contributed by atoms with Crippen molar-refractivity contribution in [2.75, 3.05) is 18.0 Å². The van der Waals surface area contributed by atoms with Crippen LogP contribution >= 0.6 is 11.6 Å². The number of halogens is 1. The molecule has 0 spiro atoms. The summed E-state index contributed by atoms with van der Waals surface area (Å²) in [6.07, 6.45) is 2.80. The maximum absolute atomic E-state index is 11.3. The molecule has 7 heteroatoms. The van der Waals surface area contributed by atoms with E-state index in [0.717, 1.165) is 12.5 Å². The zero-order valence-electron chi connectivity index (χ0n) is 10.8. The van der Waals surface area contributed by atoms with Gasteiger partial charge in [-0.25, -0.2) is 4.79 Å². The largest absolute Gasteiger partial charge is 0.478 e. The number of nitro benzene ring substituents is 1. The second-order valence-electron chi connectivity index (χ2n) is 4.63. The fourth-order valence-electron chi connectivity index (χ4n) is 2.15. The van der Waals surface area contributed by atoms with E-state index >= 15 is 0 Å². The van der Waals surface area contributed by atoms with E-state index < -0.39 is 10.9 Å². The highest BCUT2D eigenvalue weighted by atomic mass is 35.5. The Kier molecular flexibility index (Phi) is 3.94. The maximum Gasteiger partial charge on any atom is 0.338 e. The second-order valence-corrected chi connectivity index (χ2v) is 5.04. The van der Waals surface area contributed by atoms with Gasteiger partial charge in [0.05, 0.1) is 21.2 Å². The molecule has 1 aliphatic rings. The molecule has 0 radical (unpaired) electrons. The highest BCUT2D eigenvalue weighted by molar-refractivity contribution is 6.34. The van der Waals surface area contributed by atoms with Crippen molar-refractivity contribution in [3.8, 4) is 0 Å². The number of carboxylic acids is 1. The molecule has 1 N–H and O–H groups in total. The van der Waals surface area contributed by atoms with E-state index in [1.54, 1.807) is 0 Å². The molecule has 0 amide bonds. The van der Waals surface area contributed by atoms with Crippen LogP contribution in [0.1, 0.15) is 23.7 Å². The van der Waals surface area contributed by atoms with Crippen LogP contribution in [0.2, 0.25) is 5.02 Å². The van der Waals surface area contributed by atoms with Crippen LogP contribution in [0.3, 0.4) is 0 Å². The predicted molar refractivity (Wildman–Crippen MR) is 75.7 cm³/mol. The van der Waals surface area contributed by atoms with Gasteiger partial charge in [0.1, 0.15) is 0 Å². The molecule has 1 aromatic carbocycles. The summed E-state index contributed by atoms with van der Waals surface area (Å²) in [5, 5.41) is 20.1. The molecule has 1 heterocycles. The van der Waals surface area contributed by atoms with Crippen molar-refractivity contribution in [2.24, 2.45) is 0 Å². The lowest BCUT2D eigenvalue weighted by atomic mass is 10.1. The summed E-state index contributed by atoms with van der Waals surface area (Å²) in [6.45, 7) is 3.19. The molecule has 2 rings (SSSR count). The lowest BCUT2D eigenvalue weighted by Gasteiger charge is -2.29. The van der Waals surface area contributed by atoms with Gasteiger partial charge in [-0.15, -0.1) is 0 Å². The van der Waals surface area contributed by atoms with Crippen LogP contribution < -0.4 is 4.90 Å². The van der Waals surface area contributed by atoms with Crippen molar-refractivity contribution in [3.05, 3.63) is 44.5 Å². The molecule has 0 fully saturated rings. The summed E-state index contributed by atoms with van der Waals surface area (Å²) in [5.74, 6) is -1.23. The van der Waals surface area contributed by atoms with E-state index in [9.17, 15) is 20.0 Å². The number of rotatable bonds is 3. The van der Waals surface area contributed by atoms with Gasteiger partial charge in [0, 0.05) is 25.2 Å². The number of anilines is 1. The van der Waals surface area contributed by atoms with Crippen LogP contribution in [0.5, 0.6) is 0 Å². The van der Waals surface area contributed by atoms with Crippen LogP contribution in [-0.4, -0.2) is 29.1 Å². The quantitative estimate of drug-likeness (QED) is 0.526. The van der Waals surface area contributed by atoms with Crippen molar-refractivity contribution >= 4 is 28.9 Å². The van der Waals surface area contributed by atoms with E-state index in [4.69, 9.17) is 11.6 Å². The summed E-state index contributed by atoms with van der Waals surface area (Å²) >= 11 is 6.06. The normalized spacial score (nSPS) is 14.9. The molecule has 0 aromatic heterocycles. The van der Waals surface area contributed by atoms with Gasteiger partial charge in [0.2, 0.25) is 0 Å². The molecule has 0 saturated heterocycles. The summed E-state index contributed by atoms with van der Waals surface area (Å²) < 4.78 is 0. The lowest BCUT2D eigenvalue weighted by molar-refractivity contribution is -0.384. The first-order valence-electron chi connectivity index (χ1n) is 6.02. The minimum atomic E-state index is -1.23. The number of nitrogens with zero attached hydrogens (tertiary/aromatic N) is 2. The van der Waals surface area contributed by atoms with Crippen molar-refractivity contribution in [1.82, 2.24) is 0 Å². The second kappa shape index (κ2) is 5.50. The van der Waals surface area contributed by atoms with Crippen LogP contribution in [0.15, 0.2) is 23.8 Å². The third kappa shape index (κ3) is 2.75. The average molecular weight is 297 g/mol. The molecule has 1 aliphatic heterocycles. The van der Waals surface area contributed by atoms with Gasteiger partial charge in [-0.3, -0.25) is 10.1 Å². The molecule has 0 atom stereocenters. The highest BCUT2D eigenvalue weighted by Crippen LogP contribution is 2.35. The third-order valence-electron chi connectivity index (χ3n) is 3.24. The number of non-ortho nitro benzene ring substituents is 1. The van der Waals surface area contributed by atoms with Crippen molar-refractivity contribution in [2.45, 2.75) is 13.3 Å². The molecule has 0 saturated carbocycles. The Balaban J connectivity index is 2.52. The zero-order chi connectivity index (χ0) is 14.9. The monoisotopic (exact) mass is 296 g/mol. The average Bonchev–Trinajstić information content (AvgIpc) is 2.39. The Labute approximate surface area is 120 Å². The SMILES string of the molecule is CC1=CCN(c2c(Cl)cc([N+](=O)[O-])cc2C(=O)O)CC1. The maximum atomic E-state index is 11.3. The number of hydrogen-bond acceptors (Lipinski definition) is 4. The summed E-state index contributed by atoms with van der Waals surface area (Å²) in [6, 6.07) is 2.24. The Bertz CT molecular complexity index is 613. The molecule has 0 bridgehead atoms. The Hall–Kier alpha value is -2.08. The minimum Gasteiger partial charge on any atom is -0.478 e. The number of nitro groups is 1. The Morgan fingerprint density at radius 2 is 2.20 bits per heavy atom. The van der Waals surface area contributed by atoms with Crippen LogP contribution in [0.25, 0.3) is 0 Å². The van der Waals surface area contributed by atoms with Gasteiger partial charge in [0.15, 0.2) is 0 Å². The van der Waals surface area contributed by atoms with Crippen LogP contribution in [-0.2, 0) is 0 Å². The van der Waals surface area contributed by atoms with Crippen molar-refractivity contribution < 1.29 is 14.8 Å². The van der Waals surface area contributed by atoms with Crippen LogP contribution in [0.4, 0.5) is 11.4 Å². The first kappa shape index (κ1) is 14.3. The molecule has 106 valence electrons. The van der Waals surface area contributed by atoms with Gasteiger partial charge in [0.25, 0.3) is 5.69 Å². The topological polar surface area (TPSA) is 83.7 Å². The first-order valence-corrected chi connectivity index (χ1v) is 6.39. The van der Waals surface area contributed by atoms with Crippen molar-refractivity contribution in [3.63, 3.8) is 0 Å². The standard InChI is InChI=1S/C13H13ClN2O4/c1-8-2-4-15(5-3-8)12-10(13(17)18)6-9(16(19)20)7-11(12)14/h2,6-7H,3-5H2,1H3,(H,17,18). The zero-order valence-corrected chi connectivity index (χ0v) is 11.6. The molecule has 6 nitrogen and oxygen atoms in total. The molecule has 20 heavy (non-hydrogen) atoms. The number of hydrogen-bond donors (Lipinski definition) is 1. The highest BCUT2D eigenvalue weighted by Gasteiger charge is 2.24. The molecule has 0 unspecified atom stereocenters. The van der Waals surface area contributed by atoms with Gasteiger partial charge >= 0.3 is 5.97 Å². The molecule has 1 aromatic rings. The van der Waals surface area contributed by atoms with Crippen molar-refractivity contribution in [1.29, 1.82) is 0 Å². The molecular weight excluding hydrogens is 284 g/mol. The Morgan fingerprint density at radius 1 is 1.50 bits per heavy atom. The van der Waals surface area contributed by atoms with Gasteiger partial charge < -0.3 is 10.0 Å². The fraction of sp³-hybridized carbons (Fsp3) is 0.308. The third-order valence-corrected chi connectivity index (χ3v) is 3.53. The van der Waals surface area contributed by atoms with Crippen LogP contribution in [0, 0.1) is 10.1 Å². The Morgan fingerprint density at radius 3 is 2.70 bits per heavy atom.